The predicted octanol–water partition coefficient (Wildman–Crippen LogP) is 3.33. The van der Waals surface area contributed by atoms with Gasteiger partial charge in [0.15, 0.2) is 11.8 Å². The standard InChI is InChI=1S/C18H27ClN6.HI/c1-13-23-24-16(25(13)5)11-21-17(20-4)22-12-18(2,3)10-14-7-6-8-15(19)9-14;/h6-9H,10-12H2,1-5H3,(H2,20,21,22);1H. The van der Waals surface area contributed by atoms with Gasteiger partial charge >= 0.3 is 0 Å². The maximum atomic E-state index is 6.08. The predicted molar refractivity (Wildman–Crippen MR) is 118 cm³/mol. The molecule has 0 aliphatic heterocycles. The van der Waals surface area contributed by atoms with Gasteiger partial charge in [-0.3, -0.25) is 4.99 Å². The molecule has 2 rings (SSSR count). The summed E-state index contributed by atoms with van der Waals surface area (Å²) in [5, 5.41) is 15.7. The third kappa shape index (κ3) is 6.75. The minimum absolute atomic E-state index is 0. The highest BCUT2D eigenvalue weighted by Gasteiger charge is 2.19. The molecule has 1 aromatic heterocycles. The van der Waals surface area contributed by atoms with Gasteiger partial charge in [0.25, 0.3) is 0 Å². The van der Waals surface area contributed by atoms with E-state index in [4.69, 9.17) is 11.6 Å². The smallest absolute Gasteiger partial charge is 0.191 e. The van der Waals surface area contributed by atoms with E-state index in [1.165, 1.54) is 5.56 Å². The van der Waals surface area contributed by atoms with Crippen molar-refractivity contribution in [1.29, 1.82) is 0 Å². The minimum atomic E-state index is 0. The van der Waals surface area contributed by atoms with Crippen LogP contribution < -0.4 is 10.6 Å². The number of hydrogen-bond donors (Lipinski definition) is 2. The van der Waals surface area contributed by atoms with Crippen LogP contribution in [0.25, 0.3) is 0 Å². The molecule has 0 bridgehead atoms. The van der Waals surface area contributed by atoms with Crippen LogP contribution >= 0.6 is 35.6 Å². The van der Waals surface area contributed by atoms with Crippen molar-refractivity contribution in [3.63, 3.8) is 0 Å². The summed E-state index contributed by atoms with van der Waals surface area (Å²) in [6.07, 6.45) is 0.931. The number of nitrogens with one attached hydrogen (secondary N) is 2. The van der Waals surface area contributed by atoms with Crippen molar-refractivity contribution in [2.75, 3.05) is 13.6 Å². The Balaban J connectivity index is 0.00000338. The van der Waals surface area contributed by atoms with Gasteiger partial charge in [-0.05, 0) is 36.5 Å². The van der Waals surface area contributed by atoms with Crippen LogP contribution in [0.15, 0.2) is 29.3 Å². The second-order valence-electron chi connectivity index (χ2n) is 6.97. The molecule has 6 nitrogen and oxygen atoms in total. The van der Waals surface area contributed by atoms with Crippen molar-refractivity contribution in [2.45, 2.75) is 33.7 Å². The average Bonchev–Trinajstić information content (AvgIpc) is 2.86. The van der Waals surface area contributed by atoms with Crippen molar-refractivity contribution in [3.8, 4) is 0 Å². The van der Waals surface area contributed by atoms with Gasteiger partial charge in [-0.1, -0.05) is 37.6 Å². The molecule has 0 atom stereocenters. The van der Waals surface area contributed by atoms with Crippen LogP contribution in [0.5, 0.6) is 0 Å². The first-order valence-corrected chi connectivity index (χ1v) is 8.72. The third-order valence-electron chi connectivity index (χ3n) is 4.13. The molecular formula is C18H28ClIN6. The van der Waals surface area contributed by atoms with Crippen LogP contribution in [0.1, 0.15) is 31.1 Å². The number of aliphatic imine (C=N–C) groups is 1. The molecule has 1 heterocycles. The van der Waals surface area contributed by atoms with Crippen molar-refractivity contribution >= 4 is 41.5 Å². The first kappa shape index (κ1) is 22.7. The van der Waals surface area contributed by atoms with E-state index in [1.54, 1.807) is 7.05 Å². The lowest BCUT2D eigenvalue weighted by Gasteiger charge is -2.26. The summed E-state index contributed by atoms with van der Waals surface area (Å²) in [7, 11) is 3.72. The molecule has 2 aromatic rings. The van der Waals surface area contributed by atoms with E-state index in [0.29, 0.717) is 6.54 Å². The Morgan fingerprint density at radius 1 is 1.27 bits per heavy atom. The van der Waals surface area contributed by atoms with E-state index >= 15 is 0 Å². The molecule has 0 unspecified atom stereocenters. The Hall–Kier alpha value is -1.35. The lowest BCUT2D eigenvalue weighted by molar-refractivity contribution is 0.359. The van der Waals surface area contributed by atoms with Crippen LogP contribution in [0.3, 0.4) is 0 Å². The summed E-state index contributed by atoms with van der Waals surface area (Å²) in [6, 6.07) is 8.02. The summed E-state index contributed by atoms with van der Waals surface area (Å²) in [6.45, 7) is 7.74. The number of benzene rings is 1. The average molecular weight is 491 g/mol. The number of aryl methyl sites for hydroxylation is 1. The third-order valence-corrected chi connectivity index (χ3v) is 4.36. The van der Waals surface area contributed by atoms with E-state index < -0.39 is 0 Å². The van der Waals surface area contributed by atoms with Gasteiger partial charge in [-0.15, -0.1) is 34.2 Å². The first-order valence-electron chi connectivity index (χ1n) is 8.34. The van der Waals surface area contributed by atoms with Gasteiger partial charge in [-0.2, -0.15) is 0 Å². The monoisotopic (exact) mass is 490 g/mol. The van der Waals surface area contributed by atoms with E-state index in [-0.39, 0.29) is 29.4 Å². The number of hydrogen-bond acceptors (Lipinski definition) is 3. The van der Waals surface area contributed by atoms with Crippen LogP contribution in [-0.2, 0) is 20.0 Å². The maximum absolute atomic E-state index is 6.08. The Kier molecular flexibility index (Phi) is 8.82. The van der Waals surface area contributed by atoms with E-state index in [0.717, 1.165) is 35.6 Å². The van der Waals surface area contributed by atoms with Gasteiger partial charge in [0.1, 0.15) is 5.82 Å². The van der Waals surface area contributed by atoms with Crippen molar-refractivity contribution < 1.29 is 0 Å². The van der Waals surface area contributed by atoms with Crippen LogP contribution in [0.2, 0.25) is 5.02 Å². The largest absolute Gasteiger partial charge is 0.356 e. The zero-order chi connectivity index (χ0) is 18.4. The Labute approximate surface area is 177 Å². The molecule has 0 amide bonds. The molecule has 1 aromatic carbocycles. The lowest BCUT2D eigenvalue weighted by atomic mass is 9.86. The maximum Gasteiger partial charge on any atom is 0.191 e. The van der Waals surface area contributed by atoms with Crippen molar-refractivity contribution in [1.82, 2.24) is 25.4 Å². The Morgan fingerprint density at radius 3 is 2.58 bits per heavy atom. The molecule has 0 spiro atoms. The number of halogens is 2. The molecule has 0 saturated carbocycles. The zero-order valence-corrected chi connectivity index (χ0v) is 19.1. The van der Waals surface area contributed by atoms with Crippen LogP contribution in [-0.4, -0.2) is 34.3 Å². The fraction of sp³-hybridized carbons (Fsp3) is 0.500. The van der Waals surface area contributed by atoms with Crippen LogP contribution in [0.4, 0.5) is 0 Å². The van der Waals surface area contributed by atoms with E-state index in [9.17, 15) is 0 Å². The van der Waals surface area contributed by atoms with Crippen molar-refractivity contribution in [2.24, 2.45) is 17.5 Å². The summed E-state index contributed by atoms with van der Waals surface area (Å²) in [5.74, 6) is 2.51. The topological polar surface area (TPSA) is 67.1 Å². The van der Waals surface area contributed by atoms with E-state index in [1.807, 2.05) is 36.7 Å². The second-order valence-corrected chi connectivity index (χ2v) is 7.41. The summed E-state index contributed by atoms with van der Waals surface area (Å²) < 4.78 is 1.96. The fourth-order valence-corrected chi connectivity index (χ4v) is 2.79. The highest BCUT2D eigenvalue weighted by molar-refractivity contribution is 14.0. The number of aromatic nitrogens is 3. The molecule has 144 valence electrons. The summed E-state index contributed by atoms with van der Waals surface area (Å²) in [4.78, 5) is 4.28. The fourth-order valence-electron chi connectivity index (χ4n) is 2.57. The molecule has 2 N–H and O–H groups in total. The second kappa shape index (κ2) is 10.1. The molecule has 8 heteroatoms. The molecule has 0 aliphatic carbocycles. The first-order chi connectivity index (χ1) is 11.8. The highest BCUT2D eigenvalue weighted by atomic mass is 127. The molecule has 26 heavy (non-hydrogen) atoms. The van der Waals surface area contributed by atoms with Gasteiger partial charge in [0.2, 0.25) is 0 Å². The minimum Gasteiger partial charge on any atom is -0.356 e. The molecule has 0 aliphatic rings. The SMILES string of the molecule is CN=C(NCc1nnc(C)n1C)NCC(C)(C)Cc1cccc(Cl)c1.I. The highest BCUT2D eigenvalue weighted by Crippen LogP contribution is 2.22. The molecule has 0 saturated heterocycles. The lowest BCUT2D eigenvalue weighted by Crippen LogP contribution is -2.42. The quantitative estimate of drug-likeness (QED) is 0.370. The summed E-state index contributed by atoms with van der Waals surface area (Å²) >= 11 is 6.08. The molecule has 0 fully saturated rings. The number of rotatable bonds is 6. The van der Waals surface area contributed by atoms with Gasteiger partial charge in [0, 0.05) is 25.7 Å². The molecule has 0 radical (unpaired) electrons. The van der Waals surface area contributed by atoms with Gasteiger partial charge in [-0.25, -0.2) is 0 Å². The van der Waals surface area contributed by atoms with Crippen LogP contribution in [0, 0.1) is 12.3 Å². The van der Waals surface area contributed by atoms with Gasteiger partial charge < -0.3 is 15.2 Å². The Morgan fingerprint density at radius 2 is 2.00 bits per heavy atom. The van der Waals surface area contributed by atoms with E-state index in [2.05, 4.69) is 45.7 Å². The zero-order valence-electron chi connectivity index (χ0n) is 16.0. The van der Waals surface area contributed by atoms with Gasteiger partial charge in [0.05, 0.1) is 6.54 Å². The normalized spacial score (nSPS) is 11.8. The Bertz CT molecular complexity index is 741. The van der Waals surface area contributed by atoms with Crippen molar-refractivity contribution in [3.05, 3.63) is 46.5 Å². The molecular weight excluding hydrogens is 463 g/mol. The number of guanidine groups is 1. The number of nitrogens with zero attached hydrogens (tertiary/aromatic N) is 4. The summed E-state index contributed by atoms with van der Waals surface area (Å²) in [5.41, 5.74) is 1.29.